The molecule has 2 heteroatoms. The van der Waals surface area contributed by atoms with Crippen LogP contribution in [0.2, 0.25) is 0 Å². The normalized spacial score (nSPS) is 9.50. The van der Waals surface area contributed by atoms with E-state index in [-0.39, 0.29) is 51.4 Å². The molecule has 0 aromatic heterocycles. The first kappa shape index (κ1) is 16.5. The maximum Gasteiger partial charge on any atom is 1.00 e. The summed E-state index contributed by atoms with van der Waals surface area (Å²) in [7, 11) is 1.69. The molecule has 0 nitrogen and oxygen atoms in total. The van der Waals surface area contributed by atoms with Crippen LogP contribution in [0.5, 0.6) is 0 Å². The van der Waals surface area contributed by atoms with Crippen molar-refractivity contribution in [1.82, 2.24) is 0 Å². The molecule has 0 unspecified atom stereocenters. The molecule has 0 saturated heterocycles. The number of rotatable bonds is 8. The van der Waals surface area contributed by atoms with Gasteiger partial charge in [-0.05, 0) is 0 Å². The number of hydrogen-bond acceptors (Lipinski definition) is 0. The Labute approximate surface area is 123 Å². The van der Waals surface area contributed by atoms with E-state index in [0.29, 0.717) is 0 Å². The maximum absolute atomic E-state index is 2.27. The molecule has 0 amide bonds. The van der Waals surface area contributed by atoms with Gasteiger partial charge in [0.1, 0.15) is 0 Å². The summed E-state index contributed by atoms with van der Waals surface area (Å²) in [6.45, 7) is 4.54. The Kier molecular flexibility index (Phi) is 21.4. The Morgan fingerprint density at radius 2 is 1.17 bits per heavy atom. The van der Waals surface area contributed by atoms with Crippen molar-refractivity contribution < 1.29 is 51.4 Å². The molecule has 0 fully saturated rings. The second-order valence-electron chi connectivity index (χ2n) is 3.09. The van der Waals surface area contributed by atoms with Gasteiger partial charge >= 0.3 is 51.4 Å². The summed E-state index contributed by atoms with van der Waals surface area (Å²) in [5, 5.41) is 0. The van der Waals surface area contributed by atoms with Crippen molar-refractivity contribution in [2.75, 3.05) is 12.3 Å². The molecule has 0 rings (SSSR count). The van der Waals surface area contributed by atoms with Gasteiger partial charge in [0.15, 0.2) is 0 Å². The third-order valence-corrected chi connectivity index (χ3v) is 3.10. The molecule has 0 heterocycles. The molecule has 0 aromatic rings. The van der Waals surface area contributed by atoms with Crippen LogP contribution in [0, 0.1) is 0 Å². The Bertz CT molecular complexity index is 58.9. The molecule has 0 aromatic carbocycles. The molecule has 68 valence electrons. The molecule has 0 aliphatic heterocycles. The van der Waals surface area contributed by atoms with Crippen molar-refractivity contribution in [3.63, 3.8) is 0 Å². The van der Waals surface area contributed by atoms with Crippen LogP contribution in [0.1, 0.15) is 52.4 Å². The molecule has 0 aliphatic rings. The summed E-state index contributed by atoms with van der Waals surface area (Å²) in [5.41, 5.74) is 0. The van der Waals surface area contributed by atoms with E-state index in [1.165, 1.54) is 50.8 Å². The second-order valence-corrected chi connectivity index (χ2v) is 4.43. The molecular weight excluding hydrogens is 190 g/mol. The molecule has 0 saturated carbocycles. The van der Waals surface area contributed by atoms with Gasteiger partial charge in [-0.25, -0.2) is 0 Å². The minimum Gasteiger partial charge on any atom is -0.540 e. The average Bonchev–Trinajstić information content (AvgIpc) is 2.03. The van der Waals surface area contributed by atoms with Gasteiger partial charge in [0.2, 0.25) is 0 Å². The summed E-state index contributed by atoms with van der Waals surface area (Å²) >= 11 is 0. The number of hydrogen-bond donors (Lipinski definition) is 0. The van der Waals surface area contributed by atoms with Crippen LogP contribution >= 0.6 is 8.58 Å². The van der Waals surface area contributed by atoms with E-state index in [9.17, 15) is 0 Å². The van der Waals surface area contributed by atoms with E-state index < -0.39 is 0 Å². The quantitative estimate of drug-likeness (QED) is 0.323. The number of unbranched alkanes of at least 4 members (excludes halogenated alkanes) is 4. The zero-order valence-corrected chi connectivity index (χ0v) is 13.1. The topological polar surface area (TPSA) is 0 Å². The SMILES string of the molecule is CCCCC[P-]CCCCC.[K+]. The third-order valence-electron chi connectivity index (χ3n) is 1.84. The van der Waals surface area contributed by atoms with E-state index in [1.54, 1.807) is 8.58 Å². The maximum atomic E-state index is 2.27. The second kappa shape index (κ2) is 15.5. The van der Waals surface area contributed by atoms with Gasteiger partial charge in [0, 0.05) is 0 Å². The zero-order valence-electron chi connectivity index (χ0n) is 9.10. The van der Waals surface area contributed by atoms with Gasteiger partial charge in [-0.3, -0.25) is 0 Å². The summed E-state index contributed by atoms with van der Waals surface area (Å²) in [6, 6.07) is 0. The first-order valence-electron chi connectivity index (χ1n) is 5.05. The van der Waals surface area contributed by atoms with Crippen molar-refractivity contribution in [3.8, 4) is 0 Å². The van der Waals surface area contributed by atoms with E-state index >= 15 is 0 Å². The van der Waals surface area contributed by atoms with Crippen LogP contribution < -0.4 is 51.4 Å². The summed E-state index contributed by atoms with van der Waals surface area (Å²) in [4.78, 5) is 0. The zero-order chi connectivity index (χ0) is 8.36. The van der Waals surface area contributed by atoms with Gasteiger partial charge in [0.05, 0.1) is 0 Å². The largest absolute Gasteiger partial charge is 1.00 e. The van der Waals surface area contributed by atoms with Crippen molar-refractivity contribution in [3.05, 3.63) is 0 Å². The van der Waals surface area contributed by atoms with Gasteiger partial charge in [-0.2, -0.15) is 12.3 Å². The minimum absolute atomic E-state index is 0. The fraction of sp³-hybridized carbons (Fsp3) is 1.00. The fourth-order valence-corrected chi connectivity index (χ4v) is 2.18. The Morgan fingerprint density at radius 1 is 0.750 bits per heavy atom. The van der Waals surface area contributed by atoms with Gasteiger partial charge in [0.25, 0.3) is 0 Å². The summed E-state index contributed by atoms with van der Waals surface area (Å²) < 4.78 is 0. The molecule has 0 atom stereocenters. The predicted molar refractivity (Wildman–Crippen MR) is 55.7 cm³/mol. The smallest absolute Gasteiger partial charge is 0.540 e. The van der Waals surface area contributed by atoms with Crippen LogP contribution in [0.15, 0.2) is 0 Å². The standard InChI is InChI=1S/C10H22P.K/c1-3-5-7-9-11-10-8-6-4-2;/h3-10H2,1-2H3;/q-1;+1. The van der Waals surface area contributed by atoms with Gasteiger partial charge < -0.3 is 8.58 Å². The molecule has 0 N–H and O–H groups in total. The van der Waals surface area contributed by atoms with Gasteiger partial charge in [-0.15, -0.1) is 0 Å². The van der Waals surface area contributed by atoms with Crippen LogP contribution in [0.25, 0.3) is 0 Å². The van der Waals surface area contributed by atoms with Gasteiger partial charge in [-0.1, -0.05) is 52.4 Å². The van der Waals surface area contributed by atoms with E-state index in [2.05, 4.69) is 13.8 Å². The van der Waals surface area contributed by atoms with E-state index in [0.717, 1.165) is 0 Å². The summed E-state index contributed by atoms with van der Waals surface area (Å²) in [5.74, 6) is 0. The predicted octanol–water partition coefficient (Wildman–Crippen LogP) is 1.32. The third kappa shape index (κ3) is 14.6. The van der Waals surface area contributed by atoms with Crippen LogP contribution in [-0.4, -0.2) is 12.3 Å². The summed E-state index contributed by atoms with van der Waals surface area (Å²) in [6.07, 6.45) is 11.4. The van der Waals surface area contributed by atoms with Crippen LogP contribution in [0.3, 0.4) is 0 Å². The Hall–Kier alpha value is 2.07. The molecule has 0 spiro atoms. The van der Waals surface area contributed by atoms with Crippen molar-refractivity contribution in [1.29, 1.82) is 0 Å². The average molecular weight is 212 g/mol. The van der Waals surface area contributed by atoms with E-state index in [1.807, 2.05) is 0 Å². The molecule has 0 aliphatic carbocycles. The first-order chi connectivity index (χ1) is 5.41. The Balaban J connectivity index is 0. The molecule has 0 radical (unpaired) electrons. The van der Waals surface area contributed by atoms with Crippen molar-refractivity contribution in [2.45, 2.75) is 52.4 Å². The van der Waals surface area contributed by atoms with E-state index in [4.69, 9.17) is 0 Å². The molecular formula is C10H22KP. The minimum atomic E-state index is 0. The molecule has 0 bridgehead atoms. The fourth-order valence-electron chi connectivity index (χ4n) is 1.06. The monoisotopic (exact) mass is 212 g/mol. The molecule has 12 heavy (non-hydrogen) atoms. The first-order valence-corrected chi connectivity index (χ1v) is 6.31. The van der Waals surface area contributed by atoms with Crippen LogP contribution in [0.4, 0.5) is 0 Å². The Morgan fingerprint density at radius 3 is 1.50 bits per heavy atom. The van der Waals surface area contributed by atoms with Crippen molar-refractivity contribution >= 4 is 8.58 Å². The van der Waals surface area contributed by atoms with Crippen molar-refractivity contribution in [2.24, 2.45) is 0 Å². The van der Waals surface area contributed by atoms with Crippen LogP contribution in [-0.2, 0) is 0 Å².